The Bertz CT molecular complexity index is 659. The summed E-state index contributed by atoms with van der Waals surface area (Å²) >= 11 is 0. The first kappa shape index (κ1) is 22.3. The summed E-state index contributed by atoms with van der Waals surface area (Å²) in [4.78, 5) is 7.50. The molecule has 1 N–H and O–H groups in total. The third-order valence-corrected chi connectivity index (χ3v) is 9.60. The van der Waals surface area contributed by atoms with Gasteiger partial charge in [-0.15, -0.1) is 0 Å². The highest BCUT2D eigenvalue weighted by molar-refractivity contribution is 5.56. The number of aliphatic hydroxyl groups excluding tert-OH is 1. The zero-order valence-electron chi connectivity index (χ0n) is 19.8. The maximum atomic E-state index is 10.6. The Morgan fingerprint density at radius 3 is 2.87 bits per heavy atom. The lowest BCUT2D eigenvalue weighted by molar-refractivity contribution is -0.0658. The van der Waals surface area contributed by atoms with Crippen LogP contribution in [-0.4, -0.2) is 49.6 Å². The Morgan fingerprint density at radius 2 is 2.07 bits per heavy atom. The number of hydrogen-bond donors (Lipinski definition) is 1. The number of rotatable bonds is 7. The van der Waals surface area contributed by atoms with Crippen molar-refractivity contribution in [3.05, 3.63) is 11.6 Å². The maximum absolute atomic E-state index is 10.6. The van der Waals surface area contributed by atoms with Gasteiger partial charge in [-0.3, -0.25) is 0 Å². The summed E-state index contributed by atoms with van der Waals surface area (Å²) in [5.41, 5.74) is 2.45. The van der Waals surface area contributed by atoms with Gasteiger partial charge in [0.1, 0.15) is 6.61 Å². The fraction of sp³-hybridized carbons (Fsp3) is 0.885. The van der Waals surface area contributed by atoms with E-state index in [0.717, 1.165) is 50.0 Å². The van der Waals surface area contributed by atoms with Crippen LogP contribution >= 0.6 is 0 Å². The molecule has 0 radical (unpaired) electrons. The summed E-state index contributed by atoms with van der Waals surface area (Å²) in [6, 6.07) is 0. The molecule has 0 amide bonds. The van der Waals surface area contributed by atoms with Gasteiger partial charge in [0.25, 0.3) is 0 Å². The van der Waals surface area contributed by atoms with Crippen molar-refractivity contribution in [2.24, 2.45) is 39.7 Å². The van der Waals surface area contributed by atoms with E-state index in [1.54, 1.807) is 5.57 Å². The zero-order chi connectivity index (χ0) is 21.4. The van der Waals surface area contributed by atoms with Crippen LogP contribution in [0.5, 0.6) is 0 Å². The van der Waals surface area contributed by atoms with Crippen LogP contribution < -0.4 is 0 Å². The predicted octanol–water partition coefficient (Wildman–Crippen LogP) is 5.27. The second-order valence-electron chi connectivity index (χ2n) is 11.5. The number of allylic oxidation sites excluding steroid dienone is 1. The molecule has 4 aliphatic rings. The molecule has 0 heterocycles. The van der Waals surface area contributed by atoms with Gasteiger partial charge in [0.2, 0.25) is 0 Å². The van der Waals surface area contributed by atoms with Crippen LogP contribution in [-0.2, 0) is 4.84 Å². The molecular formula is C26H44N2O2. The summed E-state index contributed by atoms with van der Waals surface area (Å²) in [7, 11) is 4.09. The summed E-state index contributed by atoms with van der Waals surface area (Å²) in [6.45, 7) is 6.67. The van der Waals surface area contributed by atoms with E-state index in [1.807, 2.05) is 20.3 Å². The fourth-order valence-corrected chi connectivity index (χ4v) is 7.94. The van der Waals surface area contributed by atoms with Crippen LogP contribution in [0.25, 0.3) is 0 Å². The lowest BCUT2D eigenvalue weighted by atomic mass is 9.45. The fourth-order valence-electron chi connectivity index (χ4n) is 7.94. The minimum atomic E-state index is -0.167. The van der Waals surface area contributed by atoms with Gasteiger partial charge in [0.05, 0.1) is 6.10 Å². The highest BCUT2D eigenvalue weighted by atomic mass is 16.6. The highest BCUT2D eigenvalue weighted by Crippen LogP contribution is 2.66. The molecule has 7 atom stereocenters. The third kappa shape index (κ3) is 4.11. The van der Waals surface area contributed by atoms with Crippen molar-refractivity contribution < 1.29 is 9.94 Å². The van der Waals surface area contributed by atoms with Crippen molar-refractivity contribution in [3.8, 4) is 0 Å². The Balaban J connectivity index is 1.45. The lowest BCUT2D eigenvalue weighted by Gasteiger charge is -2.60. The molecule has 0 bridgehead atoms. The molecule has 3 fully saturated rings. The van der Waals surface area contributed by atoms with Crippen LogP contribution in [0, 0.1) is 34.5 Å². The first-order valence-corrected chi connectivity index (χ1v) is 12.5. The molecule has 170 valence electrons. The summed E-state index contributed by atoms with van der Waals surface area (Å²) < 4.78 is 0. The molecule has 30 heavy (non-hydrogen) atoms. The van der Waals surface area contributed by atoms with Crippen LogP contribution in [0.1, 0.15) is 78.1 Å². The molecule has 4 aliphatic carbocycles. The van der Waals surface area contributed by atoms with Gasteiger partial charge >= 0.3 is 0 Å². The van der Waals surface area contributed by atoms with Gasteiger partial charge in [0, 0.05) is 12.8 Å². The van der Waals surface area contributed by atoms with Crippen molar-refractivity contribution in [1.82, 2.24) is 4.90 Å². The van der Waals surface area contributed by atoms with Gasteiger partial charge in [0.15, 0.2) is 0 Å². The van der Waals surface area contributed by atoms with Crippen LogP contribution in [0.2, 0.25) is 0 Å². The van der Waals surface area contributed by atoms with Crippen molar-refractivity contribution >= 4 is 6.21 Å². The van der Waals surface area contributed by atoms with Gasteiger partial charge < -0.3 is 14.8 Å². The topological polar surface area (TPSA) is 45.1 Å². The second kappa shape index (κ2) is 8.94. The van der Waals surface area contributed by atoms with Crippen LogP contribution in [0.15, 0.2) is 16.8 Å². The summed E-state index contributed by atoms with van der Waals surface area (Å²) in [5, 5.41) is 14.8. The maximum Gasteiger partial charge on any atom is 0.129 e. The number of hydrogen-bond acceptors (Lipinski definition) is 4. The van der Waals surface area contributed by atoms with Crippen molar-refractivity contribution in [2.75, 3.05) is 27.2 Å². The molecule has 0 aromatic heterocycles. The molecule has 4 heteroatoms. The number of likely N-dealkylation sites (N-methyl/N-ethyl adjacent to an activating group) is 1. The monoisotopic (exact) mass is 416 g/mol. The number of oxime groups is 1. The van der Waals surface area contributed by atoms with Crippen molar-refractivity contribution in [1.29, 1.82) is 0 Å². The molecule has 0 aliphatic heterocycles. The molecule has 0 aromatic rings. The summed E-state index contributed by atoms with van der Waals surface area (Å²) in [5.74, 6) is 3.14. The Morgan fingerprint density at radius 1 is 1.23 bits per heavy atom. The third-order valence-electron chi connectivity index (χ3n) is 9.60. The molecule has 0 aromatic carbocycles. The highest BCUT2D eigenvalue weighted by Gasteiger charge is 2.58. The van der Waals surface area contributed by atoms with Gasteiger partial charge in [-0.2, -0.15) is 0 Å². The number of aliphatic hydroxyl groups is 1. The van der Waals surface area contributed by atoms with E-state index in [2.05, 4.69) is 30.0 Å². The average molecular weight is 417 g/mol. The van der Waals surface area contributed by atoms with E-state index in [0.29, 0.717) is 17.9 Å². The van der Waals surface area contributed by atoms with Crippen molar-refractivity contribution in [3.63, 3.8) is 0 Å². The standard InChI is InChI=1S/C26H44N2O2/c1-25-12-5-8-23(25)22-10-9-20-18-21(29)17-19(26(20,2)24(22)11-13-25)7-6-14-27-30-16-15-28(3)4/h9,14,19,21-24,29H,5-8,10-13,15-18H2,1-4H3/b27-14+/t19?,21-,22-,23-,24-,25-,26-/m0/s1. The zero-order valence-corrected chi connectivity index (χ0v) is 19.8. The van der Waals surface area contributed by atoms with E-state index < -0.39 is 0 Å². The predicted molar refractivity (Wildman–Crippen MR) is 123 cm³/mol. The lowest BCUT2D eigenvalue weighted by Crippen LogP contribution is -2.52. The Labute approximate surface area is 184 Å². The van der Waals surface area contributed by atoms with E-state index in [1.165, 1.54) is 38.5 Å². The van der Waals surface area contributed by atoms with E-state index in [-0.39, 0.29) is 11.5 Å². The van der Waals surface area contributed by atoms with E-state index >= 15 is 0 Å². The Hall–Kier alpha value is -0.870. The van der Waals surface area contributed by atoms with E-state index in [4.69, 9.17) is 4.84 Å². The minimum absolute atomic E-state index is 0.167. The molecule has 1 unspecified atom stereocenters. The molecule has 0 spiro atoms. The first-order chi connectivity index (χ1) is 14.3. The molecule has 4 rings (SSSR count). The van der Waals surface area contributed by atoms with Gasteiger partial charge in [-0.25, -0.2) is 0 Å². The Kier molecular flexibility index (Phi) is 6.65. The normalized spacial score (nSPS) is 43.3. The van der Waals surface area contributed by atoms with E-state index in [9.17, 15) is 5.11 Å². The average Bonchev–Trinajstić information content (AvgIpc) is 3.09. The summed E-state index contributed by atoms with van der Waals surface area (Å²) in [6.07, 6.45) is 16.7. The molecule has 0 saturated heterocycles. The molecular weight excluding hydrogens is 372 g/mol. The van der Waals surface area contributed by atoms with Gasteiger partial charge in [-0.05, 0) is 106 Å². The molecule has 3 saturated carbocycles. The first-order valence-electron chi connectivity index (χ1n) is 12.5. The number of fused-ring (bicyclic) bond motifs is 5. The SMILES string of the molecule is CN(C)CCO/N=C/CCC1C[C@H](O)CC2=CC[C@H]3[C@@H]4CCC[C@@]4(C)CC[C@@H]3[C@]21C. The largest absolute Gasteiger partial charge is 0.395 e. The minimum Gasteiger partial charge on any atom is -0.395 e. The smallest absolute Gasteiger partial charge is 0.129 e. The van der Waals surface area contributed by atoms with Crippen LogP contribution in [0.3, 0.4) is 0 Å². The van der Waals surface area contributed by atoms with Crippen LogP contribution in [0.4, 0.5) is 0 Å². The molecule has 4 nitrogen and oxygen atoms in total. The number of nitrogens with zero attached hydrogens (tertiary/aromatic N) is 2. The quantitative estimate of drug-likeness (QED) is 0.266. The van der Waals surface area contributed by atoms with Gasteiger partial charge in [-0.1, -0.05) is 37.1 Å². The second-order valence-corrected chi connectivity index (χ2v) is 11.5. The van der Waals surface area contributed by atoms with Crippen molar-refractivity contribution in [2.45, 2.75) is 84.2 Å².